The molecule has 0 aliphatic rings. The first kappa shape index (κ1) is 21.0. The number of nitrogens with one attached hydrogen (secondary N) is 1. The topological polar surface area (TPSA) is 90.4 Å². The van der Waals surface area contributed by atoms with E-state index in [1.54, 1.807) is 43.3 Å². The quantitative estimate of drug-likeness (QED) is 0.398. The first-order chi connectivity index (χ1) is 15.1. The summed E-state index contributed by atoms with van der Waals surface area (Å²) in [5.74, 6) is 1.00. The predicted octanol–water partition coefficient (Wildman–Crippen LogP) is 4.38. The zero-order valence-corrected chi connectivity index (χ0v) is 18.5. The van der Waals surface area contributed by atoms with Gasteiger partial charge in [-0.1, -0.05) is 6.07 Å². The third kappa shape index (κ3) is 4.89. The van der Waals surface area contributed by atoms with Crippen LogP contribution in [-0.2, 0) is 17.6 Å². The summed E-state index contributed by atoms with van der Waals surface area (Å²) in [6, 6.07) is 10.9. The number of carbonyl (C=O) groups excluding carboxylic acids is 2. The SMILES string of the molecule is COc1ccc(CC(=O)Nc2ccc3nc(CC(=O)c4cscn4)sc3c2)cc1OC. The van der Waals surface area contributed by atoms with E-state index in [-0.39, 0.29) is 24.5 Å². The number of hydrogen-bond donors (Lipinski definition) is 1. The third-order valence-electron chi connectivity index (χ3n) is 4.56. The minimum atomic E-state index is -0.144. The number of nitrogens with zero attached hydrogens (tertiary/aromatic N) is 2. The van der Waals surface area contributed by atoms with E-state index >= 15 is 0 Å². The van der Waals surface area contributed by atoms with Gasteiger partial charge in [0.2, 0.25) is 5.91 Å². The summed E-state index contributed by atoms with van der Waals surface area (Å²) in [7, 11) is 3.13. The highest BCUT2D eigenvalue weighted by Gasteiger charge is 2.14. The second-order valence-electron chi connectivity index (χ2n) is 6.68. The number of fused-ring (bicyclic) bond motifs is 1. The van der Waals surface area contributed by atoms with E-state index in [9.17, 15) is 9.59 Å². The number of benzene rings is 2. The van der Waals surface area contributed by atoms with Gasteiger partial charge < -0.3 is 14.8 Å². The molecule has 0 radical (unpaired) electrons. The molecule has 4 rings (SSSR count). The van der Waals surface area contributed by atoms with E-state index in [0.29, 0.717) is 22.9 Å². The largest absolute Gasteiger partial charge is 0.493 e. The van der Waals surface area contributed by atoms with Gasteiger partial charge in [-0.2, -0.15) is 0 Å². The third-order valence-corrected chi connectivity index (χ3v) is 6.16. The molecule has 7 nitrogen and oxygen atoms in total. The number of ether oxygens (including phenoxy) is 2. The van der Waals surface area contributed by atoms with Crippen LogP contribution in [0, 0.1) is 0 Å². The average Bonchev–Trinajstić information content (AvgIpc) is 3.43. The molecule has 0 fully saturated rings. The van der Waals surface area contributed by atoms with Crippen LogP contribution in [0.3, 0.4) is 0 Å². The Hall–Kier alpha value is -3.30. The Balaban J connectivity index is 1.43. The summed E-state index contributed by atoms with van der Waals surface area (Å²) in [4.78, 5) is 33.3. The molecule has 1 amide bonds. The summed E-state index contributed by atoms with van der Waals surface area (Å²) in [6.07, 6.45) is 0.415. The van der Waals surface area contributed by atoms with E-state index in [0.717, 1.165) is 20.8 Å². The van der Waals surface area contributed by atoms with Gasteiger partial charge in [0.05, 0.1) is 42.8 Å². The van der Waals surface area contributed by atoms with Gasteiger partial charge in [-0.05, 0) is 35.9 Å². The number of methoxy groups -OCH3 is 2. The normalized spacial score (nSPS) is 10.8. The van der Waals surface area contributed by atoms with Crippen molar-refractivity contribution < 1.29 is 19.1 Å². The molecule has 0 aliphatic carbocycles. The Morgan fingerprint density at radius 1 is 1.03 bits per heavy atom. The maximum absolute atomic E-state index is 12.5. The van der Waals surface area contributed by atoms with E-state index in [2.05, 4.69) is 15.3 Å². The van der Waals surface area contributed by atoms with Crippen LogP contribution < -0.4 is 14.8 Å². The second kappa shape index (κ2) is 9.23. The van der Waals surface area contributed by atoms with Gasteiger partial charge in [0.1, 0.15) is 10.7 Å². The summed E-state index contributed by atoms with van der Waals surface area (Å²) < 4.78 is 11.4. The van der Waals surface area contributed by atoms with Crippen molar-refractivity contribution in [3.63, 3.8) is 0 Å². The number of anilines is 1. The zero-order chi connectivity index (χ0) is 21.8. The van der Waals surface area contributed by atoms with E-state index < -0.39 is 0 Å². The molecule has 158 valence electrons. The number of ketones is 1. The number of hydrogen-bond acceptors (Lipinski definition) is 8. The fourth-order valence-corrected chi connectivity index (χ4v) is 4.65. The van der Waals surface area contributed by atoms with Gasteiger partial charge >= 0.3 is 0 Å². The predicted molar refractivity (Wildman–Crippen MR) is 122 cm³/mol. The van der Waals surface area contributed by atoms with E-state index in [1.807, 2.05) is 18.2 Å². The highest BCUT2D eigenvalue weighted by molar-refractivity contribution is 7.18. The van der Waals surface area contributed by atoms with Crippen LogP contribution >= 0.6 is 22.7 Å². The lowest BCUT2D eigenvalue weighted by atomic mass is 10.1. The molecule has 0 saturated heterocycles. The Bertz CT molecular complexity index is 1240. The smallest absolute Gasteiger partial charge is 0.228 e. The Morgan fingerprint density at radius 3 is 2.61 bits per heavy atom. The molecule has 0 saturated carbocycles. The molecule has 31 heavy (non-hydrogen) atoms. The van der Waals surface area contributed by atoms with E-state index in [4.69, 9.17) is 9.47 Å². The van der Waals surface area contributed by atoms with Crippen molar-refractivity contribution in [3.8, 4) is 11.5 Å². The fourth-order valence-electron chi connectivity index (χ4n) is 3.09. The standard InChI is InChI=1S/C22H19N3O4S2/c1-28-18-6-3-13(7-19(18)29-2)8-21(27)24-14-4-5-15-20(9-14)31-22(25-15)10-17(26)16-11-30-12-23-16/h3-7,9,11-12H,8,10H2,1-2H3,(H,24,27). The van der Waals surface area contributed by atoms with Crippen LogP contribution in [-0.4, -0.2) is 35.9 Å². The minimum absolute atomic E-state index is 0.0521. The number of aromatic nitrogens is 2. The van der Waals surface area contributed by atoms with Gasteiger partial charge in [0, 0.05) is 11.1 Å². The van der Waals surface area contributed by atoms with Crippen molar-refractivity contribution in [2.75, 3.05) is 19.5 Å². The maximum atomic E-state index is 12.5. The van der Waals surface area contributed by atoms with Crippen molar-refractivity contribution in [1.82, 2.24) is 9.97 Å². The molecule has 0 unspecified atom stereocenters. The number of Topliss-reactive ketones (excluding diaryl/α,β-unsaturated/α-hetero) is 1. The molecule has 9 heteroatoms. The molecule has 0 atom stereocenters. The van der Waals surface area contributed by atoms with Crippen molar-refractivity contribution in [2.24, 2.45) is 0 Å². The van der Waals surface area contributed by atoms with Gasteiger partial charge in [0.15, 0.2) is 17.3 Å². The maximum Gasteiger partial charge on any atom is 0.228 e. The molecule has 2 aromatic carbocycles. The highest BCUT2D eigenvalue weighted by Crippen LogP contribution is 2.29. The van der Waals surface area contributed by atoms with Crippen LogP contribution in [0.1, 0.15) is 21.1 Å². The Kier molecular flexibility index (Phi) is 6.24. The first-order valence-corrected chi connectivity index (χ1v) is 11.1. The van der Waals surface area contributed by atoms with Gasteiger partial charge in [-0.15, -0.1) is 22.7 Å². The summed E-state index contributed by atoms with van der Waals surface area (Å²) in [6.45, 7) is 0. The molecular weight excluding hydrogens is 434 g/mol. The molecule has 2 aromatic heterocycles. The lowest BCUT2D eigenvalue weighted by Gasteiger charge is -2.10. The summed E-state index contributed by atoms with van der Waals surface area (Å²) in [5, 5.41) is 5.38. The summed E-state index contributed by atoms with van der Waals surface area (Å²) >= 11 is 2.83. The molecule has 0 spiro atoms. The fraction of sp³-hybridized carbons (Fsp3) is 0.182. The lowest BCUT2D eigenvalue weighted by molar-refractivity contribution is -0.115. The number of carbonyl (C=O) groups is 2. The van der Waals surface area contributed by atoms with Crippen LogP contribution in [0.25, 0.3) is 10.2 Å². The molecule has 0 aliphatic heterocycles. The van der Waals surface area contributed by atoms with Crippen LogP contribution in [0.5, 0.6) is 11.5 Å². The van der Waals surface area contributed by atoms with Crippen molar-refractivity contribution >= 4 is 50.3 Å². The van der Waals surface area contributed by atoms with Crippen LogP contribution in [0.4, 0.5) is 5.69 Å². The van der Waals surface area contributed by atoms with Crippen molar-refractivity contribution in [2.45, 2.75) is 12.8 Å². The zero-order valence-electron chi connectivity index (χ0n) is 16.9. The van der Waals surface area contributed by atoms with Crippen molar-refractivity contribution in [3.05, 3.63) is 63.6 Å². The number of thiazole rings is 2. The summed E-state index contributed by atoms with van der Waals surface area (Å²) in [5.41, 5.74) is 4.40. The number of rotatable bonds is 8. The van der Waals surface area contributed by atoms with Crippen LogP contribution in [0.15, 0.2) is 47.3 Å². The number of amides is 1. The Labute approximate surface area is 186 Å². The van der Waals surface area contributed by atoms with E-state index in [1.165, 1.54) is 22.7 Å². The minimum Gasteiger partial charge on any atom is -0.493 e. The molecule has 1 N–H and O–H groups in total. The highest BCUT2D eigenvalue weighted by atomic mass is 32.1. The molecule has 2 heterocycles. The van der Waals surface area contributed by atoms with Gasteiger partial charge in [-0.3, -0.25) is 9.59 Å². The first-order valence-electron chi connectivity index (χ1n) is 9.37. The van der Waals surface area contributed by atoms with Gasteiger partial charge in [0.25, 0.3) is 0 Å². The van der Waals surface area contributed by atoms with Crippen LogP contribution in [0.2, 0.25) is 0 Å². The average molecular weight is 454 g/mol. The molecule has 4 aromatic rings. The second-order valence-corrected chi connectivity index (χ2v) is 8.51. The van der Waals surface area contributed by atoms with Gasteiger partial charge in [-0.25, -0.2) is 9.97 Å². The lowest BCUT2D eigenvalue weighted by Crippen LogP contribution is -2.14. The van der Waals surface area contributed by atoms with Crippen molar-refractivity contribution in [1.29, 1.82) is 0 Å². The molecule has 0 bridgehead atoms. The Morgan fingerprint density at radius 2 is 1.87 bits per heavy atom. The molecular formula is C22H19N3O4S2. The monoisotopic (exact) mass is 453 g/mol.